The van der Waals surface area contributed by atoms with E-state index in [0.29, 0.717) is 0 Å². The number of hydrogen-bond acceptors (Lipinski definition) is 2. The van der Waals surface area contributed by atoms with Crippen molar-refractivity contribution >= 4 is 22.5 Å². The second-order valence-corrected chi connectivity index (χ2v) is 3.74. The molecular formula is C13H13N3O. The largest absolute Gasteiger partial charge is 0.350 e. The fourth-order valence-corrected chi connectivity index (χ4v) is 1.62. The van der Waals surface area contributed by atoms with Gasteiger partial charge in [0.05, 0.1) is 5.71 Å². The molecule has 4 nitrogen and oxygen atoms in total. The van der Waals surface area contributed by atoms with Gasteiger partial charge in [-0.05, 0) is 29.3 Å². The number of hydrazone groups is 1. The zero-order valence-corrected chi connectivity index (χ0v) is 9.47. The molecular weight excluding hydrogens is 214 g/mol. The summed E-state index contributed by atoms with van der Waals surface area (Å²) < 4.78 is 0. The zero-order valence-electron chi connectivity index (χ0n) is 9.47. The molecule has 0 fully saturated rings. The summed E-state index contributed by atoms with van der Waals surface area (Å²) in [4.78, 5) is 10.6. The van der Waals surface area contributed by atoms with Gasteiger partial charge in [0.1, 0.15) is 0 Å². The molecule has 3 N–H and O–H groups in total. The number of hydrogen-bond donors (Lipinski definition) is 2. The van der Waals surface area contributed by atoms with Gasteiger partial charge in [0.15, 0.2) is 0 Å². The summed E-state index contributed by atoms with van der Waals surface area (Å²) in [6, 6.07) is 13.4. The average molecular weight is 227 g/mol. The smallest absolute Gasteiger partial charge is 0.332 e. The summed E-state index contributed by atoms with van der Waals surface area (Å²) in [7, 11) is 0. The van der Waals surface area contributed by atoms with E-state index in [0.717, 1.165) is 16.7 Å². The van der Waals surface area contributed by atoms with E-state index in [9.17, 15) is 4.79 Å². The maximum Gasteiger partial charge on any atom is 0.332 e. The number of fused-ring (bicyclic) bond motifs is 1. The predicted octanol–water partition coefficient (Wildman–Crippen LogP) is 2.23. The minimum Gasteiger partial charge on any atom is -0.350 e. The zero-order chi connectivity index (χ0) is 12.3. The van der Waals surface area contributed by atoms with Crippen molar-refractivity contribution in [1.29, 1.82) is 0 Å². The number of rotatable bonds is 2. The van der Waals surface area contributed by atoms with Crippen LogP contribution in [0.25, 0.3) is 10.8 Å². The quantitative estimate of drug-likeness (QED) is 0.599. The molecule has 0 atom stereocenters. The van der Waals surface area contributed by atoms with E-state index >= 15 is 0 Å². The molecule has 0 aliphatic rings. The minimum absolute atomic E-state index is 0.662. The molecule has 0 spiro atoms. The van der Waals surface area contributed by atoms with Crippen LogP contribution in [-0.4, -0.2) is 11.7 Å². The van der Waals surface area contributed by atoms with E-state index < -0.39 is 6.03 Å². The molecule has 0 saturated heterocycles. The standard InChI is InChI=1S/C13H13N3O/c1-9(15-16-13(14)17)11-7-6-10-4-2-3-5-12(10)8-11/h2-8H,1H3,(H3,14,16,17). The van der Waals surface area contributed by atoms with E-state index in [2.05, 4.69) is 10.5 Å². The molecule has 2 aromatic rings. The monoisotopic (exact) mass is 227 g/mol. The van der Waals surface area contributed by atoms with Gasteiger partial charge < -0.3 is 5.73 Å². The third kappa shape index (κ3) is 2.60. The Morgan fingerprint density at radius 2 is 1.88 bits per heavy atom. The second-order valence-electron chi connectivity index (χ2n) is 3.74. The molecule has 4 heteroatoms. The molecule has 86 valence electrons. The van der Waals surface area contributed by atoms with E-state index in [1.54, 1.807) is 0 Å². The van der Waals surface area contributed by atoms with Crippen LogP contribution in [0.1, 0.15) is 12.5 Å². The summed E-state index contributed by atoms with van der Waals surface area (Å²) in [6.45, 7) is 1.82. The number of nitrogens with zero attached hydrogens (tertiary/aromatic N) is 1. The first-order valence-electron chi connectivity index (χ1n) is 5.26. The van der Waals surface area contributed by atoms with Gasteiger partial charge in [-0.3, -0.25) is 0 Å². The van der Waals surface area contributed by atoms with Crippen molar-refractivity contribution in [2.45, 2.75) is 6.92 Å². The third-order valence-electron chi connectivity index (χ3n) is 2.50. The first-order chi connectivity index (χ1) is 8.16. The van der Waals surface area contributed by atoms with Crippen molar-refractivity contribution in [1.82, 2.24) is 5.43 Å². The van der Waals surface area contributed by atoms with Gasteiger partial charge in [0.2, 0.25) is 0 Å². The lowest BCUT2D eigenvalue weighted by molar-refractivity contribution is 0.249. The summed E-state index contributed by atoms with van der Waals surface area (Å²) in [5, 5.41) is 6.20. The van der Waals surface area contributed by atoms with Gasteiger partial charge in [0.25, 0.3) is 0 Å². The Balaban J connectivity index is 2.36. The van der Waals surface area contributed by atoms with Crippen LogP contribution in [0.15, 0.2) is 47.6 Å². The van der Waals surface area contributed by atoms with Gasteiger partial charge in [-0.25, -0.2) is 10.2 Å². The summed E-state index contributed by atoms with van der Waals surface area (Å²) in [5.41, 5.74) is 8.84. The molecule has 0 aromatic heterocycles. The molecule has 2 amide bonds. The molecule has 2 rings (SSSR count). The summed E-state index contributed by atoms with van der Waals surface area (Å²) >= 11 is 0. The first-order valence-corrected chi connectivity index (χ1v) is 5.26. The van der Waals surface area contributed by atoms with Crippen LogP contribution in [0.2, 0.25) is 0 Å². The maximum absolute atomic E-state index is 10.6. The van der Waals surface area contributed by atoms with Gasteiger partial charge in [-0.15, -0.1) is 0 Å². The molecule has 0 unspecified atom stereocenters. The Hall–Kier alpha value is -2.36. The van der Waals surface area contributed by atoms with Crippen molar-refractivity contribution in [2.75, 3.05) is 0 Å². The Kier molecular flexibility index (Phi) is 3.05. The molecule has 0 bridgehead atoms. The van der Waals surface area contributed by atoms with Crippen LogP contribution in [0.5, 0.6) is 0 Å². The first kappa shape index (κ1) is 11.1. The molecule has 0 aliphatic heterocycles. The number of nitrogens with one attached hydrogen (secondary N) is 1. The van der Waals surface area contributed by atoms with Gasteiger partial charge in [0, 0.05) is 0 Å². The third-order valence-corrected chi connectivity index (χ3v) is 2.50. The van der Waals surface area contributed by atoms with Crippen molar-refractivity contribution in [3.8, 4) is 0 Å². The lowest BCUT2D eigenvalue weighted by atomic mass is 10.0. The predicted molar refractivity (Wildman–Crippen MR) is 68.9 cm³/mol. The number of carbonyl (C=O) groups is 1. The maximum atomic E-state index is 10.6. The van der Waals surface area contributed by atoms with Gasteiger partial charge in [-0.2, -0.15) is 5.10 Å². The van der Waals surface area contributed by atoms with Crippen LogP contribution in [0.4, 0.5) is 4.79 Å². The van der Waals surface area contributed by atoms with Crippen molar-refractivity contribution in [3.05, 3.63) is 48.0 Å². The number of amides is 2. The Bertz CT molecular complexity index is 590. The minimum atomic E-state index is -0.662. The second kappa shape index (κ2) is 4.65. The Labute approximate surface area is 99.1 Å². The van der Waals surface area contributed by atoms with Crippen LogP contribution in [0, 0.1) is 0 Å². The van der Waals surface area contributed by atoms with Gasteiger partial charge in [-0.1, -0.05) is 36.4 Å². The highest BCUT2D eigenvalue weighted by Crippen LogP contribution is 2.15. The van der Waals surface area contributed by atoms with E-state index in [-0.39, 0.29) is 0 Å². The van der Waals surface area contributed by atoms with Crippen LogP contribution >= 0.6 is 0 Å². The number of urea groups is 1. The van der Waals surface area contributed by atoms with Crippen LogP contribution in [-0.2, 0) is 0 Å². The normalized spacial score (nSPS) is 11.5. The fraction of sp³-hybridized carbons (Fsp3) is 0.0769. The topological polar surface area (TPSA) is 67.5 Å². The molecule has 0 saturated carbocycles. The van der Waals surface area contributed by atoms with Crippen LogP contribution < -0.4 is 11.2 Å². The number of carbonyl (C=O) groups excluding carboxylic acids is 1. The number of primary amides is 1. The Morgan fingerprint density at radius 1 is 1.18 bits per heavy atom. The molecule has 2 aromatic carbocycles. The molecule has 0 radical (unpaired) electrons. The van der Waals surface area contributed by atoms with E-state index in [4.69, 9.17) is 5.73 Å². The van der Waals surface area contributed by atoms with Crippen molar-refractivity contribution in [2.24, 2.45) is 10.8 Å². The Morgan fingerprint density at radius 3 is 2.59 bits per heavy atom. The summed E-state index contributed by atoms with van der Waals surface area (Å²) in [6.07, 6.45) is 0. The SMILES string of the molecule is CC(=NNC(N)=O)c1ccc2ccccc2c1. The number of nitrogens with two attached hydrogens (primary N) is 1. The highest BCUT2D eigenvalue weighted by atomic mass is 16.2. The average Bonchev–Trinajstić information content (AvgIpc) is 2.35. The molecule has 0 heterocycles. The van der Waals surface area contributed by atoms with Gasteiger partial charge >= 0.3 is 6.03 Å². The summed E-state index contributed by atoms with van der Waals surface area (Å²) in [5.74, 6) is 0. The van der Waals surface area contributed by atoms with Crippen molar-refractivity contribution < 1.29 is 4.79 Å². The number of benzene rings is 2. The molecule has 0 aliphatic carbocycles. The highest BCUT2D eigenvalue weighted by Gasteiger charge is 1.99. The fourth-order valence-electron chi connectivity index (χ4n) is 1.62. The van der Waals surface area contributed by atoms with Crippen LogP contribution in [0.3, 0.4) is 0 Å². The highest BCUT2D eigenvalue weighted by molar-refractivity contribution is 6.02. The van der Waals surface area contributed by atoms with Crippen molar-refractivity contribution in [3.63, 3.8) is 0 Å². The van der Waals surface area contributed by atoms with E-state index in [1.165, 1.54) is 5.39 Å². The lowest BCUT2D eigenvalue weighted by Gasteiger charge is -2.03. The lowest BCUT2D eigenvalue weighted by Crippen LogP contribution is -2.25. The van der Waals surface area contributed by atoms with E-state index in [1.807, 2.05) is 49.4 Å². The molecule has 17 heavy (non-hydrogen) atoms.